The van der Waals surface area contributed by atoms with Gasteiger partial charge < -0.3 is 5.92 Å². The Morgan fingerprint density at radius 2 is 1.50 bits per heavy atom. The normalized spacial score (nSPS) is 7.88. The molecule has 0 aliphatic carbocycles. The minimum absolute atomic E-state index is 0.300. The Kier molecular flexibility index (Phi) is 15.2. The molecule has 1 nitrogen and oxygen atoms in total. The molecule has 0 rings (SSSR count). The Balaban J connectivity index is 0. The SMILES string of the molecule is CC[C-](C)CC.[O]=[Zr]. The van der Waals surface area contributed by atoms with Crippen molar-refractivity contribution in [3.63, 3.8) is 0 Å². The predicted molar refractivity (Wildman–Crippen MR) is 30.2 cm³/mol. The average molecular weight is 192 g/mol. The summed E-state index contributed by atoms with van der Waals surface area (Å²) < 4.78 is 8.34. The van der Waals surface area contributed by atoms with Gasteiger partial charge in [0.1, 0.15) is 0 Å². The predicted octanol–water partition coefficient (Wildman–Crippen LogP) is 2.28. The molecule has 0 atom stereocenters. The molecule has 0 aromatic carbocycles. The third-order valence-electron chi connectivity index (χ3n) is 1.21. The summed E-state index contributed by atoms with van der Waals surface area (Å²) in [4.78, 5) is 0. The first kappa shape index (κ1) is 11.5. The summed E-state index contributed by atoms with van der Waals surface area (Å²) in [7, 11) is 0. The van der Waals surface area contributed by atoms with E-state index in [0.717, 1.165) is 0 Å². The molecular weight excluding hydrogens is 179 g/mol. The van der Waals surface area contributed by atoms with Crippen LogP contribution in [0.15, 0.2) is 0 Å². The zero-order valence-electron chi connectivity index (χ0n) is 5.82. The monoisotopic (exact) mass is 191 g/mol. The fourth-order valence-electron chi connectivity index (χ4n) is 0.250. The number of rotatable bonds is 2. The molecule has 0 radical (unpaired) electrons. The summed E-state index contributed by atoms with van der Waals surface area (Å²) in [6.07, 6.45) is 2.49. The van der Waals surface area contributed by atoms with Gasteiger partial charge in [0.25, 0.3) is 0 Å². The van der Waals surface area contributed by atoms with E-state index in [2.05, 4.69) is 20.8 Å². The molecule has 2 heteroatoms. The van der Waals surface area contributed by atoms with Crippen LogP contribution >= 0.6 is 0 Å². The van der Waals surface area contributed by atoms with Gasteiger partial charge in [-0.2, -0.15) is 19.8 Å². The van der Waals surface area contributed by atoms with Gasteiger partial charge in [-0.1, -0.05) is 13.8 Å². The molecule has 0 fully saturated rings. The van der Waals surface area contributed by atoms with Crippen LogP contribution in [0.3, 0.4) is 0 Å². The van der Waals surface area contributed by atoms with Crippen molar-refractivity contribution in [2.75, 3.05) is 0 Å². The van der Waals surface area contributed by atoms with Crippen LogP contribution in [0.5, 0.6) is 0 Å². The van der Waals surface area contributed by atoms with Crippen molar-refractivity contribution in [2.45, 2.75) is 33.6 Å². The van der Waals surface area contributed by atoms with Crippen molar-refractivity contribution in [3.8, 4) is 0 Å². The van der Waals surface area contributed by atoms with Crippen LogP contribution in [0.25, 0.3) is 0 Å². The molecule has 0 amide bonds. The molecular formula is C6H13OZr-. The molecule has 0 aromatic heterocycles. The van der Waals surface area contributed by atoms with Crippen molar-refractivity contribution < 1.29 is 27.5 Å². The van der Waals surface area contributed by atoms with E-state index in [1.165, 1.54) is 12.8 Å². The van der Waals surface area contributed by atoms with Gasteiger partial charge in [0.15, 0.2) is 0 Å². The van der Waals surface area contributed by atoms with Crippen molar-refractivity contribution >= 4 is 0 Å². The summed E-state index contributed by atoms with van der Waals surface area (Å²) in [5, 5.41) is 0. The van der Waals surface area contributed by atoms with Gasteiger partial charge in [-0.25, -0.2) is 0 Å². The van der Waals surface area contributed by atoms with Gasteiger partial charge in [-0.3, -0.25) is 0 Å². The molecule has 0 unspecified atom stereocenters. The summed E-state index contributed by atoms with van der Waals surface area (Å²) in [6.45, 7) is 6.58. The van der Waals surface area contributed by atoms with E-state index >= 15 is 0 Å². The molecule has 0 bridgehead atoms. The van der Waals surface area contributed by atoms with E-state index in [1.54, 1.807) is 5.92 Å². The Morgan fingerprint density at radius 3 is 1.50 bits per heavy atom. The van der Waals surface area contributed by atoms with Crippen LogP contribution in [-0.4, -0.2) is 0 Å². The van der Waals surface area contributed by atoms with E-state index in [4.69, 9.17) is 2.81 Å². The quantitative estimate of drug-likeness (QED) is 0.614. The van der Waals surface area contributed by atoms with Crippen LogP contribution in [0.2, 0.25) is 0 Å². The van der Waals surface area contributed by atoms with E-state index in [1.807, 2.05) is 0 Å². The first-order valence-corrected chi connectivity index (χ1v) is 3.83. The third kappa shape index (κ3) is 9.84. The number of hydrogen-bond acceptors (Lipinski definition) is 1. The van der Waals surface area contributed by atoms with Crippen LogP contribution in [0.4, 0.5) is 0 Å². The first-order valence-electron chi connectivity index (χ1n) is 2.83. The van der Waals surface area contributed by atoms with Crippen molar-refractivity contribution in [2.24, 2.45) is 0 Å². The standard InChI is InChI=1S/C6H13.O.Zr/c1-4-6(3)5-2;;/h4-5H2,1-3H3;;/q-1;;. The molecule has 0 aliphatic rings. The topological polar surface area (TPSA) is 17.1 Å². The molecule has 0 saturated carbocycles. The molecule has 0 aromatic rings. The Bertz CT molecular complexity index is 35.5. The fourth-order valence-corrected chi connectivity index (χ4v) is 0.250. The third-order valence-corrected chi connectivity index (χ3v) is 1.21. The van der Waals surface area contributed by atoms with Gasteiger partial charge in [0.2, 0.25) is 0 Å². The van der Waals surface area contributed by atoms with E-state index in [0.29, 0.717) is 24.7 Å². The zero-order chi connectivity index (χ0) is 6.99. The molecule has 8 heavy (non-hydrogen) atoms. The van der Waals surface area contributed by atoms with Crippen molar-refractivity contribution in [1.29, 1.82) is 0 Å². The summed E-state index contributed by atoms with van der Waals surface area (Å²) in [5.41, 5.74) is 0. The van der Waals surface area contributed by atoms with Gasteiger partial charge >= 0.3 is 27.5 Å². The van der Waals surface area contributed by atoms with E-state index in [-0.39, 0.29) is 0 Å². The first-order chi connectivity index (χ1) is 3.81. The van der Waals surface area contributed by atoms with Crippen LogP contribution in [0, 0.1) is 5.92 Å². The summed E-state index contributed by atoms with van der Waals surface area (Å²) >= 11 is 0.300. The summed E-state index contributed by atoms with van der Waals surface area (Å²) in [5.74, 6) is 1.59. The molecule has 0 saturated heterocycles. The molecule has 0 heterocycles. The Labute approximate surface area is 67.2 Å². The second-order valence-corrected chi connectivity index (χ2v) is 1.66. The maximum atomic E-state index is 8.34. The second-order valence-electron chi connectivity index (χ2n) is 1.66. The van der Waals surface area contributed by atoms with E-state index in [9.17, 15) is 0 Å². The molecule has 0 spiro atoms. The van der Waals surface area contributed by atoms with Gasteiger partial charge in [0.05, 0.1) is 0 Å². The van der Waals surface area contributed by atoms with Crippen molar-refractivity contribution in [3.05, 3.63) is 5.92 Å². The Morgan fingerprint density at radius 1 is 1.25 bits per heavy atom. The van der Waals surface area contributed by atoms with Gasteiger partial charge in [-0.05, 0) is 0 Å². The van der Waals surface area contributed by atoms with Gasteiger partial charge in [0, 0.05) is 0 Å². The minimum atomic E-state index is 0.300. The number of hydrogen-bond donors (Lipinski definition) is 0. The zero-order valence-corrected chi connectivity index (χ0v) is 8.28. The van der Waals surface area contributed by atoms with Crippen LogP contribution < -0.4 is 0 Å². The van der Waals surface area contributed by atoms with Crippen LogP contribution in [0.1, 0.15) is 33.6 Å². The second kappa shape index (κ2) is 10.6. The van der Waals surface area contributed by atoms with Crippen molar-refractivity contribution in [1.82, 2.24) is 0 Å². The Hall–Kier alpha value is 0.683. The average Bonchev–Trinajstić information content (AvgIpc) is 1.91. The molecule has 48 valence electrons. The fraction of sp³-hybridized carbons (Fsp3) is 0.833. The van der Waals surface area contributed by atoms with Crippen LogP contribution in [-0.2, 0) is 27.5 Å². The van der Waals surface area contributed by atoms with Gasteiger partial charge in [-0.15, -0.1) is 0 Å². The van der Waals surface area contributed by atoms with E-state index < -0.39 is 0 Å². The molecule has 0 aliphatic heterocycles. The maximum absolute atomic E-state index is 8.34. The molecule has 0 N–H and O–H groups in total. The summed E-state index contributed by atoms with van der Waals surface area (Å²) in [6, 6.07) is 0.